The molecule has 1 aliphatic rings. The minimum Gasteiger partial charge on any atom is -0.399 e. The zero-order chi connectivity index (χ0) is 16.8. The number of hydrogen-bond donors (Lipinski definition) is 2. The fourth-order valence-electron chi connectivity index (χ4n) is 2.96. The third-order valence-electron chi connectivity index (χ3n) is 4.43. The van der Waals surface area contributed by atoms with Crippen molar-refractivity contribution in [3.8, 4) is 0 Å². The first-order valence-corrected chi connectivity index (χ1v) is 8.42. The van der Waals surface area contributed by atoms with Crippen molar-refractivity contribution >= 4 is 17.7 Å². The summed E-state index contributed by atoms with van der Waals surface area (Å²) in [6.07, 6.45) is 4.39. The van der Waals surface area contributed by atoms with Gasteiger partial charge in [0.05, 0.1) is 32.7 Å². The SMILES string of the molecule is Nc1ccc(C(=O)N2CC[NH+](C/C=C/c3ccccc3)CC2)cc1. The Labute approximate surface area is 143 Å². The van der Waals surface area contributed by atoms with E-state index in [-0.39, 0.29) is 5.91 Å². The van der Waals surface area contributed by atoms with Gasteiger partial charge in [-0.1, -0.05) is 36.4 Å². The Balaban J connectivity index is 1.48. The molecule has 1 heterocycles. The topological polar surface area (TPSA) is 50.8 Å². The van der Waals surface area contributed by atoms with Crippen LogP contribution in [-0.4, -0.2) is 43.5 Å². The van der Waals surface area contributed by atoms with E-state index in [0.717, 1.165) is 38.3 Å². The number of carbonyl (C=O) groups is 1. The molecule has 0 bridgehead atoms. The highest BCUT2D eigenvalue weighted by Gasteiger charge is 2.23. The standard InChI is InChI=1S/C20H23N3O/c21-19-10-8-18(9-11-19)20(24)23-15-13-22(14-16-23)12-4-7-17-5-2-1-3-6-17/h1-11H,12-16,21H2/p+1/b7-4+. The van der Waals surface area contributed by atoms with Crippen LogP contribution in [0.5, 0.6) is 0 Å². The van der Waals surface area contributed by atoms with Crippen molar-refractivity contribution in [1.29, 1.82) is 0 Å². The number of hydrogen-bond acceptors (Lipinski definition) is 2. The molecule has 0 radical (unpaired) electrons. The molecule has 2 aromatic rings. The maximum atomic E-state index is 12.5. The van der Waals surface area contributed by atoms with Gasteiger partial charge in [-0.15, -0.1) is 0 Å². The van der Waals surface area contributed by atoms with E-state index in [1.807, 2.05) is 23.1 Å². The first kappa shape index (κ1) is 16.3. The van der Waals surface area contributed by atoms with Gasteiger partial charge in [0, 0.05) is 11.3 Å². The average molecular weight is 322 g/mol. The van der Waals surface area contributed by atoms with E-state index in [1.165, 1.54) is 10.5 Å². The fourth-order valence-corrected chi connectivity index (χ4v) is 2.96. The van der Waals surface area contributed by atoms with E-state index in [2.05, 4.69) is 24.3 Å². The lowest BCUT2D eigenvalue weighted by atomic mass is 10.1. The molecule has 4 heteroatoms. The van der Waals surface area contributed by atoms with Crippen molar-refractivity contribution in [2.45, 2.75) is 0 Å². The molecule has 0 spiro atoms. The molecule has 0 atom stereocenters. The lowest BCUT2D eigenvalue weighted by molar-refractivity contribution is -0.898. The summed E-state index contributed by atoms with van der Waals surface area (Å²) in [5, 5.41) is 0. The van der Waals surface area contributed by atoms with Crippen LogP contribution < -0.4 is 10.6 Å². The molecular weight excluding hydrogens is 298 g/mol. The van der Waals surface area contributed by atoms with Crippen LogP contribution in [0.1, 0.15) is 15.9 Å². The zero-order valence-corrected chi connectivity index (χ0v) is 13.8. The number of nitrogens with one attached hydrogen (secondary N) is 1. The van der Waals surface area contributed by atoms with Gasteiger partial charge in [0.1, 0.15) is 0 Å². The Morgan fingerprint density at radius 1 is 1.04 bits per heavy atom. The molecule has 24 heavy (non-hydrogen) atoms. The number of anilines is 1. The lowest BCUT2D eigenvalue weighted by Crippen LogP contribution is -3.14. The molecule has 1 fully saturated rings. The van der Waals surface area contributed by atoms with E-state index in [4.69, 9.17) is 5.73 Å². The number of rotatable bonds is 4. The highest BCUT2D eigenvalue weighted by Crippen LogP contribution is 2.09. The van der Waals surface area contributed by atoms with Crippen LogP contribution in [0.3, 0.4) is 0 Å². The van der Waals surface area contributed by atoms with E-state index < -0.39 is 0 Å². The van der Waals surface area contributed by atoms with Gasteiger partial charge in [-0.25, -0.2) is 0 Å². The summed E-state index contributed by atoms with van der Waals surface area (Å²) in [7, 11) is 0. The quantitative estimate of drug-likeness (QED) is 0.834. The van der Waals surface area contributed by atoms with Crippen molar-refractivity contribution in [3.05, 3.63) is 71.8 Å². The Bertz CT molecular complexity index is 687. The van der Waals surface area contributed by atoms with Gasteiger partial charge in [-0.2, -0.15) is 0 Å². The van der Waals surface area contributed by atoms with E-state index in [0.29, 0.717) is 5.69 Å². The van der Waals surface area contributed by atoms with Crippen molar-refractivity contribution < 1.29 is 9.69 Å². The molecule has 1 saturated heterocycles. The summed E-state index contributed by atoms with van der Waals surface area (Å²) in [5.41, 5.74) is 8.31. The highest BCUT2D eigenvalue weighted by atomic mass is 16.2. The smallest absolute Gasteiger partial charge is 0.254 e. The fraction of sp³-hybridized carbons (Fsp3) is 0.250. The second-order valence-corrected chi connectivity index (χ2v) is 6.18. The minimum absolute atomic E-state index is 0.105. The number of quaternary nitrogens is 1. The average Bonchev–Trinajstić information content (AvgIpc) is 2.63. The van der Waals surface area contributed by atoms with Gasteiger partial charge >= 0.3 is 0 Å². The van der Waals surface area contributed by atoms with Crippen LogP contribution in [0.4, 0.5) is 5.69 Å². The van der Waals surface area contributed by atoms with E-state index in [1.54, 1.807) is 24.3 Å². The van der Waals surface area contributed by atoms with Crippen LogP contribution >= 0.6 is 0 Å². The number of nitrogens with zero attached hydrogens (tertiary/aromatic N) is 1. The summed E-state index contributed by atoms with van der Waals surface area (Å²) in [4.78, 5) is 15.9. The molecule has 0 aliphatic carbocycles. The molecule has 1 amide bonds. The third-order valence-corrected chi connectivity index (χ3v) is 4.43. The maximum Gasteiger partial charge on any atom is 0.254 e. The largest absolute Gasteiger partial charge is 0.399 e. The Hall–Kier alpha value is -2.59. The molecule has 0 saturated carbocycles. The first-order valence-electron chi connectivity index (χ1n) is 8.42. The Morgan fingerprint density at radius 2 is 1.71 bits per heavy atom. The molecule has 124 valence electrons. The summed E-state index contributed by atoms with van der Waals surface area (Å²) in [6, 6.07) is 17.5. The zero-order valence-electron chi connectivity index (χ0n) is 13.8. The molecule has 3 N–H and O–H groups in total. The number of nitrogens with two attached hydrogens (primary N) is 1. The van der Waals surface area contributed by atoms with Gasteiger partial charge in [0.25, 0.3) is 5.91 Å². The number of benzene rings is 2. The van der Waals surface area contributed by atoms with Crippen LogP contribution in [0.2, 0.25) is 0 Å². The highest BCUT2D eigenvalue weighted by molar-refractivity contribution is 5.94. The molecule has 4 nitrogen and oxygen atoms in total. The maximum absolute atomic E-state index is 12.5. The molecule has 1 aliphatic heterocycles. The van der Waals surface area contributed by atoms with Crippen molar-refractivity contribution in [3.63, 3.8) is 0 Å². The molecule has 2 aromatic carbocycles. The Morgan fingerprint density at radius 3 is 2.38 bits per heavy atom. The number of nitrogen functional groups attached to an aromatic ring is 1. The molecule has 3 rings (SSSR count). The third kappa shape index (κ3) is 4.24. The Kier molecular flexibility index (Phi) is 5.29. The summed E-state index contributed by atoms with van der Waals surface area (Å²) in [5.74, 6) is 0.105. The van der Waals surface area contributed by atoms with Gasteiger partial charge in [-0.3, -0.25) is 4.79 Å². The number of amides is 1. The predicted molar refractivity (Wildman–Crippen MR) is 97.8 cm³/mol. The molecular formula is C20H24N3O+. The second-order valence-electron chi connectivity index (χ2n) is 6.18. The van der Waals surface area contributed by atoms with Crippen molar-refractivity contribution in [2.75, 3.05) is 38.5 Å². The number of carbonyl (C=O) groups excluding carboxylic acids is 1. The second kappa shape index (κ2) is 7.79. The first-order chi connectivity index (χ1) is 11.7. The van der Waals surface area contributed by atoms with E-state index >= 15 is 0 Å². The minimum atomic E-state index is 0.105. The summed E-state index contributed by atoms with van der Waals surface area (Å²) >= 11 is 0. The normalized spacial score (nSPS) is 15.8. The molecule has 0 aromatic heterocycles. The van der Waals surface area contributed by atoms with Crippen molar-refractivity contribution in [2.24, 2.45) is 0 Å². The summed E-state index contributed by atoms with van der Waals surface area (Å²) in [6.45, 7) is 4.58. The van der Waals surface area contributed by atoms with Crippen LogP contribution in [0.15, 0.2) is 60.7 Å². The predicted octanol–water partition coefficient (Wildman–Crippen LogP) is 1.32. The van der Waals surface area contributed by atoms with Gasteiger partial charge in [0.2, 0.25) is 0 Å². The molecule has 0 unspecified atom stereocenters. The monoisotopic (exact) mass is 322 g/mol. The van der Waals surface area contributed by atoms with Crippen LogP contribution in [-0.2, 0) is 0 Å². The summed E-state index contributed by atoms with van der Waals surface area (Å²) < 4.78 is 0. The number of piperazine rings is 1. The van der Waals surface area contributed by atoms with Crippen LogP contribution in [0, 0.1) is 0 Å². The van der Waals surface area contributed by atoms with Crippen molar-refractivity contribution in [1.82, 2.24) is 4.90 Å². The van der Waals surface area contributed by atoms with Gasteiger partial charge in [0.15, 0.2) is 0 Å². The van der Waals surface area contributed by atoms with E-state index in [9.17, 15) is 4.79 Å². The lowest BCUT2D eigenvalue weighted by Gasteiger charge is -2.31. The van der Waals surface area contributed by atoms with Gasteiger partial charge in [-0.05, 0) is 35.9 Å². The van der Waals surface area contributed by atoms with Gasteiger partial charge < -0.3 is 15.5 Å². The van der Waals surface area contributed by atoms with Crippen LogP contribution in [0.25, 0.3) is 6.08 Å².